The third kappa shape index (κ3) is 6.26. The van der Waals surface area contributed by atoms with Gasteiger partial charge in [0, 0.05) is 43.0 Å². The Morgan fingerprint density at radius 1 is 1.05 bits per heavy atom. The maximum atomic E-state index is 13.6. The molecule has 0 saturated carbocycles. The number of benzene rings is 3. The van der Waals surface area contributed by atoms with Gasteiger partial charge in [0.1, 0.15) is 12.4 Å². The van der Waals surface area contributed by atoms with Gasteiger partial charge in [-0.1, -0.05) is 45.0 Å². The number of anilines is 1. The summed E-state index contributed by atoms with van der Waals surface area (Å²) in [6.07, 6.45) is 5.14. The fourth-order valence-electron chi connectivity index (χ4n) is 4.95. The van der Waals surface area contributed by atoms with Crippen LogP contribution in [0.2, 0.25) is 0 Å². The van der Waals surface area contributed by atoms with Gasteiger partial charge in [-0.05, 0) is 40.6 Å². The number of nitrogens with one attached hydrogen (secondary N) is 1. The summed E-state index contributed by atoms with van der Waals surface area (Å²) in [6.45, 7) is 10.8. The zero-order valence-corrected chi connectivity index (χ0v) is 24.0. The number of hydrogen-bond donors (Lipinski definition) is 1. The number of morpholine rings is 1. The van der Waals surface area contributed by atoms with E-state index < -0.39 is 11.7 Å². The van der Waals surface area contributed by atoms with Crippen molar-refractivity contribution in [3.05, 3.63) is 78.4 Å². The molecule has 1 amide bonds. The lowest BCUT2D eigenvalue weighted by atomic mass is 9.86. The molecule has 0 aliphatic carbocycles. The van der Waals surface area contributed by atoms with Crippen LogP contribution in [0.3, 0.4) is 0 Å². The average Bonchev–Trinajstić information content (AvgIpc) is 3.51. The van der Waals surface area contributed by atoms with Gasteiger partial charge < -0.3 is 24.1 Å². The van der Waals surface area contributed by atoms with Crippen molar-refractivity contribution in [3.8, 4) is 17.2 Å². The molecule has 1 aliphatic rings. The number of amides is 1. The number of imidazole rings is 1. The summed E-state index contributed by atoms with van der Waals surface area (Å²) in [6, 6.07) is 14.8. The highest BCUT2D eigenvalue weighted by Gasteiger charge is 2.25. The maximum absolute atomic E-state index is 13.6. The van der Waals surface area contributed by atoms with Gasteiger partial charge in [-0.15, -0.1) is 0 Å². The van der Waals surface area contributed by atoms with E-state index in [0.29, 0.717) is 40.4 Å². The van der Waals surface area contributed by atoms with E-state index in [9.17, 15) is 9.59 Å². The van der Waals surface area contributed by atoms with Crippen molar-refractivity contribution >= 4 is 28.2 Å². The Labute approximate surface area is 240 Å². The van der Waals surface area contributed by atoms with Gasteiger partial charge in [0.15, 0.2) is 5.75 Å². The number of hydrogen-bond acceptors (Lipinski definition) is 7. The number of rotatable bonds is 9. The molecule has 2 heterocycles. The first-order valence-corrected chi connectivity index (χ1v) is 13.8. The summed E-state index contributed by atoms with van der Waals surface area (Å²) in [7, 11) is 1.54. The average molecular weight is 557 g/mol. The molecule has 1 aliphatic heterocycles. The molecule has 9 heteroatoms. The van der Waals surface area contributed by atoms with E-state index in [4.69, 9.17) is 14.2 Å². The topological polar surface area (TPSA) is 94.9 Å². The molecule has 214 valence electrons. The minimum atomic E-state index is -0.753. The summed E-state index contributed by atoms with van der Waals surface area (Å²) >= 11 is 0. The molecule has 1 saturated heterocycles. The first-order valence-electron chi connectivity index (χ1n) is 13.8. The molecule has 9 nitrogen and oxygen atoms in total. The Kier molecular flexibility index (Phi) is 8.37. The van der Waals surface area contributed by atoms with Gasteiger partial charge in [-0.2, -0.15) is 0 Å². The number of ketones is 1. The number of carbonyl (C=O) groups is 2. The zero-order chi connectivity index (χ0) is 29.0. The smallest absolute Gasteiger partial charge is 0.296 e. The molecule has 5 rings (SSSR count). The van der Waals surface area contributed by atoms with Crippen molar-refractivity contribution < 1.29 is 23.8 Å². The number of fused-ring (bicyclic) bond motifs is 1. The number of ether oxygens (including phenoxy) is 3. The van der Waals surface area contributed by atoms with Crippen molar-refractivity contribution in [2.24, 2.45) is 0 Å². The summed E-state index contributed by atoms with van der Waals surface area (Å²) in [5.74, 6) is -0.285. The molecule has 0 atom stereocenters. The Morgan fingerprint density at radius 2 is 1.80 bits per heavy atom. The van der Waals surface area contributed by atoms with Gasteiger partial charge in [-0.3, -0.25) is 14.5 Å². The highest BCUT2D eigenvalue weighted by atomic mass is 16.5. The summed E-state index contributed by atoms with van der Waals surface area (Å²) in [5, 5.41) is 4.27. The number of methoxy groups -OCH3 is 1. The molecule has 0 spiro atoms. The number of carbonyl (C=O) groups excluding carboxylic acids is 2. The Balaban J connectivity index is 1.41. The SMILES string of the molecule is COc1c(NC(=O)C(=O)c2ccc(OCCN3CCOCC3)c3ccccc23)cc(C(C)(C)C)cc1-n1ccnc1. The molecule has 0 radical (unpaired) electrons. The molecule has 0 bridgehead atoms. The zero-order valence-electron chi connectivity index (χ0n) is 24.0. The van der Waals surface area contributed by atoms with Crippen molar-refractivity contribution in [1.82, 2.24) is 14.5 Å². The lowest BCUT2D eigenvalue weighted by Crippen LogP contribution is -2.38. The van der Waals surface area contributed by atoms with Crippen LogP contribution in [-0.4, -0.2) is 72.7 Å². The van der Waals surface area contributed by atoms with E-state index in [1.165, 1.54) is 7.11 Å². The van der Waals surface area contributed by atoms with Gasteiger partial charge in [0.2, 0.25) is 0 Å². The molecule has 0 unspecified atom stereocenters. The first kappa shape index (κ1) is 28.3. The molecule has 1 fully saturated rings. The summed E-state index contributed by atoms with van der Waals surface area (Å²) in [5.41, 5.74) is 2.17. The van der Waals surface area contributed by atoms with E-state index in [1.807, 2.05) is 41.0 Å². The fourth-order valence-corrected chi connectivity index (χ4v) is 4.95. The van der Waals surface area contributed by atoms with Crippen molar-refractivity contribution in [1.29, 1.82) is 0 Å². The van der Waals surface area contributed by atoms with E-state index >= 15 is 0 Å². The Hall–Kier alpha value is -4.21. The molecule has 3 aromatic carbocycles. The third-order valence-electron chi connectivity index (χ3n) is 7.27. The quantitative estimate of drug-likeness (QED) is 0.232. The normalized spacial score (nSPS) is 14.1. The molecule has 1 aromatic heterocycles. The number of nitrogens with zero attached hydrogens (tertiary/aromatic N) is 3. The molecular weight excluding hydrogens is 520 g/mol. The van der Waals surface area contributed by atoms with Gasteiger partial charge in [0.05, 0.1) is 38.0 Å². The van der Waals surface area contributed by atoms with Gasteiger partial charge in [-0.25, -0.2) is 4.98 Å². The second-order valence-electron chi connectivity index (χ2n) is 11.0. The standard InChI is InChI=1S/C32H36N4O5/c1-32(2,3)22-19-26(30(39-4)27(20-22)36-12-11-33-21-36)34-31(38)29(37)25-9-10-28(24-8-6-5-7-23(24)25)41-18-15-35-13-16-40-17-14-35/h5-12,19-21H,13-18H2,1-4H3,(H,34,38). The maximum Gasteiger partial charge on any atom is 0.296 e. The van der Waals surface area contributed by atoms with Crippen LogP contribution in [0.5, 0.6) is 11.5 Å². The van der Waals surface area contributed by atoms with E-state index in [0.717, 1.165) is 43.8 Å². The van der Waals surface area contributed by atoms with Crippen LogP contribution in [-0.2, 0) is 14.9 Å². The van der Waals surface area contributed by atoms with Gasteiger partial charge >= 0.3 is 0 Å². The molecule has 1 N–H and O–H groups in total. The van der Waals surface area contributed by atoms with E-state index in [1.54, 1.807) is 30.9 Å². The third-order valence-corrected chi connectivity index (χ3v) is 7.27. The molecule has 4 aromatic rings. The van der Waals surface area contributed by atoms with Crippen molar-refractivity contribution in [2.75, 3.05) is 51.9 Å². The number of aromatic nitrogens is 2. The predicted molar refractivity (Wildman–Crippen MR) is 158 cm³/mol. The van der Waals surface area contributed by atoms with Crippen LogP contribution in [0.4, 0.5) is 5.69 Å². The lowest BCUT2D eigenvalue weighted by Gasteiger charge is -2.26. The predicted octanol–water partition coefficient (Wildman–Crippen LogP) is 4.86. The highest BCUT2D eigenvalue weighted by Crippen LogP contribution is 2.38. The Morgan fingerprint density at radius 3 is 2.49 bits per heavy atom. The first-order chi connectivity index (χ1) is 19.8. The second kappa shape index (κ2) is 12.1. The van der Waals surface area contributed by atoms with Crippen LogP contribution in [0.25, 0.3) is 16.5 Å². The van der Waals surface area contributed by atoms with Crippen molar-refractivity contribution in [2.45, 2.75) is 26.2 Å². The molecule has 41 heavy (non-hydrogen) atoms. The van der Waals surface area contributed by atoms with Crippen LogP contribution in [0.1, 0.15) is 36.7 Å². The van der Waals surface area contributed by atoms with E-state index in [2.05, 4.69) is 36.0 Å². The summed E-state index contributed by atoms with van der Waals surface area (Å²) < 4.78 is 19.1. The second-order valence-corrected chi connectivity index (χ2v) is 11.0. The number of Topliss-reactive ketones (excluding diaryl/α,β-unsaturated/α-hetero) is 1. The van der Waals surface area contributed by atoms with Crippen LogP contribution in [0.15, 0.2) is 67.3 Å². The van der Waals surface area contributed by atoms with E-state index in [-0.39, 0.29) is 5.41 Å². The fraction of sp³-hybridized carbons (Fsp3) is 0.344. The van der Waals surface area contributed by atoms with Crippen LogP contribution in [0, 0.1) is 0 Å². The van der Waals surface area contributed by atoms with Gasteiger partial charge in [0.25, 0.3) is 11.7 Å². The lowest BCUT2D eigenvalue weighted by molar-refractivity contribution is -0.112. The minimum Gasteiger partial charge on any atom is -0.492 e. The highest BCUT2D eigenvalue weighted by molar-refractivity contribution is 6.48. The van der Waals surface area contributed by atoms with Crippen LogP contribution < -0.4 is 14.8 Å². The molecular formula is C32H36N4O5. The minimum absolute atomic E-state index is 0.223. The summed E-state index contributed by atoms with van der Waals surface area (Å²) in [4.78, 5) is 33.4. The van der Waals surface area contributed by atoms with Crippen LogP contribution >= 0.6 is 0 Å². The monoisotopic (exact) mass is 556 g/mol. The largest absolute Gasteiger partial charge is 0.492 e. The van der Waals surface area contributed by atoms with Crippen molar-refractivity contribution in [3.63, 3.8) is 0 Å². The Bertz CT molecular complexity index is 1540.